The van der Waals surface area contributed by atoms with Crippen LogP contribution in [-0.4, -0.2) is 25.8 Å². The molecule has 1 amide bonds. The lowest BCUT2D eigenvalue weighted by atomic mass is 10.1. The van der Waals surface area contributed by atoms with Crippen molar-refractivity contribution in [2.45, 2.75) is 19.8 Å². The number of hydrogen-bond acceptors (Lipinski definition) is 4. The van der Waals surface area contributed by atoms with Crippen molar-refractivity contribution in [2.24, 2.45) is 5.10 Å². The molecule has 0 spiro atoms. The molecule has 0 fully saturated rings. The van der Waals surface area contributed by atoms with Gasteiger partial charge in [-0.25, -0.2) is 5.43 Å². The summed E-state index contributed by atoms with van der Waals surface area (Å²) >= 11 is 6.85. The maximum Gasteiger partial charge on any atom is 0.244 e. The Bertz CT molecular complexity index is 777. The summed E-state index contributed by atoms with van der Waals surface area (Å²) in [6, 6.07) is 11.3. The van der Waals surface area contributed by atoms with Crippen molar-refractivity contribution in [3.63, 3.8) is 0 Å². The van der Waals surface area contributed by atoms with Crippen LogP contribution < -0.4 is 14.9 Å². The first-order valence-corrected chi connectivity index (χ1v) is 9.68. The fourth-order valence-electron chi connectivity index (χ4n) is 2.16. The van der Waals surface area contributed by atoms with Gasteiger partial charge in [-0.15, -0.1) is 0 Å². The molecule has 0 atom stereocenters. The maximum absolute atomic E-state index is 12.0. The molecule has 0 saturated heterocycles. The molecule has 0 radical (unpaired) electrons. The minimum Gasteiger partial charge on any atom is -0.493 e. The third-order valence-corrected chi connectivity index (χ3v) is 4.50. The van der Waals surface area contributed by atoms with Crippen molar-refractivity contribution in [3.8, 4) is 11.5 Å². The Hall–Kier alpha value is -1.86. The van der Waals surface area contributed by atoms with E-state index in [2.05, 4.69) is 42.4 Å². The molecule has 138 valence electrons. The fraction of sp³-hybridized carbons (Fsp3) is 0.263. The highest BCUT2D eigenvalue weighted by molar-refractivity contribution is 9.10. The molecule has 0 aliphatic rings. The van der Waals surface area contributed by atoms with Crippen molar-refractivity contribution >= 4 is 44.0 Å². The van der Waals surface area contributed by atoms with Gasteiger partial charge in [0.15, 0.2) is 11.5 Å². The zero-order valence-corrected chi connectivity index (χ0v) is 17.8. The van der Waals surface area contributed by atoms with Gasteiger partial charge in [-0.1, -0.05) is 35.0 Å². The zero-order valence-electron chi connectivity index (χ0n) is 14.6. The van der Waals surface area contributed by atoms with Crippen molar-refractivity contribution < 1.29 is 14.3 Å². The molecule has 0 aromatic heterocycles. The molecule has 2 aromatic rings. The van der Waals surface area contributed by atoms with Gasteiger partial charge >= 0.3 is 0 Å². The highest BCUT2D eigenvalue weighted by Gasteiger charge is 2.11. The molecule has 5 nitrogen and oxygen atoms in total. The molecule has 0 bridgehead atoms. The van der Waals surface area contributed by atoms with Crippen LogP contribution in [0, 0.1) is 0 Å². The maximum atomic E-state index is 12.0. The number of amides is 1. The summed E-state index contributed by atoms with van der Waals surface area (Å²) in [4.78, 5) is 12.0. The fourth-order valence-corrected chi connectivity index (χ4v) is 3.00. The predicted molar refractivity (Wildman–Crippen MR) is 110 cm³/mol. The average molecular weight is 484 g/mol. The number of halogens is 2. The largest absolute Gasteiger partial charge is 0.493 e. The monoisotopic (exact) mass is 482 g/mol. The van der Waals surface area contributed by atoms with Gasteiger partial charge in [0.05, 0.1) is 30.8 Å². The van der Waals surface area contributed by atoms with E-state index in [0.29, 0.717) is 18.1 Å². The lowest BCUT2D eigenvalue weighted by Crippen LogP contribution is -2.19. The molecule has 0 unspecified atom stereocenters. The lowest BCUT2D eigenvalue weighted by molar-refractivity contribution is -0.120. The van der Waals surface area contributed by atoms with E-state index < -0.39 is 0 Å². The minimum absolute atomic E-state index is 0.183. The van der Waals surface area contributed by atoms with Crippen LogP contribution in [0.4, 0.5) is 0 Å². The van der Waals surface area contributed by atoms with Gasteiger partial charge in [-0.3, -0.25) is 4.79 Å². The molecule has 1 N–H and O–H groups in total. The van der Waals surface area contributed by atoms with Crippen molar-refractivity contribution in [1.82, 2.24) is 5.43 Å². The number of hydrazone groups is 1. The number of ether oxygens (including phenoxy) is 2. The number of nitrogens with zero attached hydrogens (tertiary/aromatic N) is 1. The van der Waals surface area contributed by atoms with Gasteiger partial charge in [-0.2, -0.15) is 5.10 Å². The molecule has 0 aliphatic heterocycles. The quantitative estimate of drug-likeness (QED) is 0.437. The number of nitrogens with one attached hydrogen (secondary N) is 1. The molecule has 0 saturated carbocycles. The summed E-state index contributed by atoms with van der Waals surface area (Å²) in [5.41, 5.74) is 4.23. The molecule has 7 heteroatoms. The van der Waals surface area contributed by atoms with Crippen LogP contribution in [0.3, 0.4) is 0 Å². The van der Waals surface area contributed by atoms with E-state index in [4.69, 9.17) is 9.47 Å². The first-order valence-electron chi connectivity index (χ1n) is 8.10. The van der Waals surface area contributed by atoms with E-state index >= 15 is 0 Å². The van der Waals surface area contributed by atoms with Gasteiger partial charge in [0.1, 0.15) is 0 Å². The van der Waals surface area contributed by atoms with Crippen LogP contribution in [-0.2, 0) is 11.2 Å². The summed E-state index contributed by atoms with van der Waals surface area (Å²) in [6.45, 7) is 2.65. The second-order valence-corrected chi connectivity index (χ2v) is 7.25. The molecule has 2 aromatic carbocycles. The Labute approximate surface area is 170 Å². The van der Waals surface area contributed by atoms with Gasteiger partial charge in [-0.05, 0) is 57.7 Å². The highest BCUT2D eigenvalue weighted by Crippen LogP contribution is 2.36. The van der Waals surface area contributed by atoms with Gasteiger partial charge < -0.3 is 9.47 Å². The van der Waals surface area contributed by atoms with Gasteiger partial charge in [0, 0.05) is 4.47 Å². The van der Waals surface area contributed by atoms with E-state index in [-0.39, 0.29) is 12.3 Å². The number of carbonyl (C=O) groups excluding carboxylic acids is 1. The number of hydrogen-bond donors (Lipinski definition) is 1. The van der Waals surface area contributed by atoms with E-state index in [0.717, 1.165) is 26.5 Å². The Morgan fingerprint density at radius 3 is 2.62 bits per heavy atom. The Morgan fingerprint density at radius 1 is 1.23 bits per heavy atom. The van der Waals surface area contributed by atoms with Crippen LogP contribution >= 0.6 is 31.9 Å². The Morgan fingerprint density at radius 2 is 1.96 bits per heavy atom. The summed E-state index contributed by atoms with van der Waals surface area (Å²) in [5.74, 6) is 1.08. The summed E-state index contributed by atoms with van der Waals surface area (Å²) < 4.78 is 12.8. The summed E-state index contributed by atoms with van der Waals surface area (Å²) in [7, 11) is 1.58. The molecule has 26 heavy (non-hydrogen) atoms. The van der Waals surface area contributed by atoms with E-state index in [1.165, 1.54) is 0 Å². The van der Waals surface area contributed by atoms with Crippen LogP contribution in [0.25, 0.3) is 0 Å². The SMILES string of the molecule is CCCOc1c(Br)cc(/C=N\NC(=O)Cc2ccc(Br)cc2)cc1OC. The standard InChI is InChI=1S/C19H20Br2N2O3/c1-3-8-26-19-16(21)9-14(10-17(19)25-2)12-22-23-18(24)11-13-4-6-15(20)7-5-13/h4-7,9-10,12H,3,8,11H2,1-2H3,(H,23,24)/b22-12-. The number of methoxy groups -OCH3 is 1. The topological polar surface area (TPSA) is 59.9 Å². The van der Waals surface area contributed by atoms with Gasteiger partial charge in [0.2, 0.25) is 5.91 Å². The number of benzene rings is 2. The number of rotatable bonds is 8. The normalized spacial score (nSPS) is 10.8. The lowest BCUT2D eigenvalue weighted by Gasteiger charge is -2.12. The van der Waals surface area contributed by atoms with Crippen molar-refractivity contribution in [2.75, 3.05) is 13.7 Å². The van der Waals surface area contributed by atoms with Crippen LogP contribution in [0.2, 0.25) is 0 Å². The van der Waals surface area contributed by atoms with Crippen molar-refractivity contribution in [3.05, 3.63) is 56.5 Å². The van der Waals surface area contributed by atoms with Crippen LogP contribution in [0.15, 0.2) is 50.4 Å². The van der Waals surface area contributed by atoms with E-state index in [1.54, 1.807) is 19.4 Å². The highest BCUT2D eigenvalue weighted by atomic mass is 79.9. The molecule has 0 aliphatic carbocycles. The summed E-state index contributed by atoms with van der Waals surface area (Å²) in [5, 5.41) is 4.01. The molecule has 0 heterocycles. The minimum atomic E-state index is -0.183. The second-order valence-electron chi connectivity index (χ2n) is 5.48. The third-order valence-electron chi connectivity index (χ3n) is 3.38. The smallest absolute Gasteiger partial charge is 0.244 e. The van der Waals surface area contributed by atoms with Crippen LogP contribution in [0.5, 0.6) is 11.5 Å². The first kappa shape index (κ1) is 20.5. The second kappa shape index (κ2) is 10.3. The zero-order chi connectivity index (χ0) is 18.9. The van der Waals surface area contributed by atoms with Gasteiger partial charge in [0.25, 0.3) is 0 Å². The predicted octanol–water partition coefficient (Wildman–Crippen LogP) is 4.70. The van der Waals surface area contributed by atoms with E-state index in [1.807, 2.05) is 37.3 Å². The average Bonchev–Trinajstić information content (AvgIpc) is 2.62. The summed E-state index contributed by atoms with van der Waals surface area (Å²) in [6.07, 6.45) is 2.74. The first-order chi connectivity index (χ1) is 12.5. The van der Waals surface area contributed by atoms with E-state index in [9.17, 15) is 4.79 Å². The molecule has 2 rings (SSSR count). The molecular formula is C19H20Br2N2O3. The van der Waals surface area contributed by atoms with Crippen molar-refractivity contribution in [1.29, 1.82) is 0 Å². The third kappa shape index (κ3) is 6.14. The van der Waals surface area contributed by atoms with Crippen LogP contribution in [0.1, 0.15) is 24.5 Å². The molecular weight excluding hydrogens is 464 g/mol. The Balaban J connectivity index is 1.99. The number of carbonyl (C=O) groups is 1. The Kier molecular flexibility index (Phi) is 8.12.